The van der Waals surface area contributed by atoms with Crippen LogP contribution < -0.4 is 4.74 Å². The second-order valence-corrected chi connectivity index (χ2v) is 4.02. The van der Waals surface area contributed by atoms with Crippen molar-refractivity contribution in [1.82, 2.24) is 4.98 Å². The molecule has 0 atom stereocenters. The minimum Gasteiger partial charge on any atom is -0.477 e. The van der Waals surface area contributed by atoms with Gasteiger partial charge in [0.1, 0.15) is 11.5 Å². The largest absolute Gasteiger partial charge is 0.477 e. The summed E-state index contributed by atoms with van der Waals surface area (Å²) in [6.07, 6.45) is 2.89. The molecule has 0 bridgehead atoms. The van der Waals surface area contributed by atoms with Gasteiger partial charge in [0, 0.05) is 31.6 Å². The minimum absolute atomic E-state index is 0. The molecule has 1 aromatic heterocycles. The van der Waals surface area contributed by atoms with Crippen LogP contribution in [0, 0.1) is 16.3 Å². The number of nitrogens with zero attached hydrogens (tertiary/aromatic N) is 1. The van der Waals surface area contributed by atoms with Crippen LogP contribution in [0.25, 0.3) is 10.9 Å². The third-order valence-electron chi connectivity index (χ3n) is 2.74. The molecule has 0 unspecified atom stereocenters. The monoisotopic (exact) mass is 356 g/mol. The maximum Gasteiger partial charge on any atom is 0.269 e. The van der Waals surface area contributed by atoms with Crippen molar-refractivity contribution in [3.63, 3.8) is 0 Å². The van der Waals surface area contributed by atoms with E-state index in [1.54, 1.807) is 12.1 Å². The first-order valence-electron chi connectivity index (χ1n) is 5.63. The quantitative estimate of drug-likeness (QED) is 0.337. The molecule has 103 valence electrons. The molecule has 5 nitrogen and oxygen atoms in total. The molecule has 0 aliphatic rings. The number of nitrogens with one attached hydrogen (secondary N) is 1. The van der Waals surface area contributed by atoms with E-state index in [1.165, 1.54) is 12.1 Å². The number of ether oxygens (including phenoxy) is 1. The molecule has 1 heterocycles. The zero-order valence-electron chi connectivity index (χ0n) is 10.1. The molecule has 0 spiro atoms. The molecule has 0 fully saturated rings. The summed E-state index contributed by atoms with van der Waals surface area (Å²) >= 11 is 0. The number of rotatable bonds is 3. The molecule has 3 rings (SSSR count). The standard InChI is InChI=1S/C14H9N2O3.Rh/c17-16(18)11-1-3-12(4-2-11)19-13-5-6-14-10(9-13)7-8-15-14;/h1-7,9,15H;/q-1;. The van der Waals surface area contributed by atoms with Crippen LogP contribution >= 0.6 is 0 Å². The Morgan fingerprint density at radius 2 is 1.80 bits per heavy atom. The first-order chi connectivity index (χ1) is 9.22. The van der Waals surface area contributed by atoms with Gasteiger partial charge in [-0.05, 0) is 18.2 Å². The minimum atomic E-state index is -0.439. The number of hydrogen-bond acceptors (Lipinski definition) is 3. The van der Waals surface area contributed by atoms with Crippen LogP contribution in [-0.2, 0) is 19.5 Å². The Labute approximate surface area is 127 Å². The van der Waals surface area contributed by atoms with Crippen molar-refractivity contribution in [2.24, 2.45) is 0 Å². The van der Waals surface area contributed by atoms with Crippen LogP contribution in [0.3, 0.4) is 0 Å². The molecule has 2 aromatic carbocycles. The molecule has 1 radical (unpaired) electrons. The van der Waals surface area contributed by atoms with Gasteiger partial charge < -0.3 is 9.72 Å². The van der Waals surface area contributed by atoms with E-state index >= 15 is 0 Å². The van der Waals surface area contributed by atoms with Gasteiger partial charge in [-0.3, -0.25) is 10.1 Å². The Bertz CT molecular complexity index is 738. The Kier molecular flexibility index (Phi) is 4.15. The zero-order chi connectivity index (χ0) is 13.2. The molecule has 0 amide bonds. The number of aromatic amines is 1. The van der Waals surface area contributed by atoms with Gasteiger partial charge in [0.25, 0.3) is 5.69 Å². The summed E-state index contributed by atoms with van der Waals surface area (Å²) in [4.78, 5) is 13.1. The first kappa shape index (κ1) is 14.2. The van der Waals surface area contributed by atoms with Crippen LogP contribution in [0.2, 0.25) is 0 Å². The molecule has 0 saturated carbocycles. The van der Waals surface area contributed by atoms with E-state index < -0.39 is 4.92 Å². The van der Waals surface area contributed by atoms with E-state index in [1.807, 2.05) is 24.3 Å². The normalized spacial score (nSPS) is 10.0. The number of nitro benzene ring substituents is 1. The predicted molar refractivity (Wildman–Crippen MR) is 70.3 cm³/mol. The fourth-order valence-corrected chi connectivity index (χ4v) is 1.80. The van der Waals surface area contributed by atoms with Gasteiger partial charge in [0.05, 0.1) is 4.92 Å². The maximum absolute atomic E-state index is 10.5. The van der Waals surface area contributed by atoms with Crippen LogP contribution in [0.15, 0.2) is 48.5 Å². The van der Waals surface area contributed by atoms with Crippen molar-refractivity contribution in [1.29, 1.82) is 0 Å². The second kappa shape index (κ2) is 5.84. The Hall–Kier alpha value is -2.20. The molecule has 0 saturated heterocycles. The summed E-state index contributed by atoms with van der Waals surface area (Å²) in [6.45, 7) is 0. The van der Waals surface area contributed by atoms with E-state index in [0.29, 0.717) is 11.5 Å². The van der Waals surface area contributed by atoms with Gasteiger partial charge in [-0.15, -0.1) is 17.8 Å². The maximum atomic E-state index is 10.5. The van der Waals surface area contributed by atoms with Crippen molar-refractivity contribution < 1.29 is 29.1 Å². The third kappa shape index (κ3) is 2.86. The van der Waals surface area contributed by atoms with Crippen LogP contribution in [-0.4, -0.2) is 9.91 Å². The molecule has 1 N–H and O–H groups in total. The topological polar surface area (TPSA) is 68.2 Å². The summed E-state index contributed by atoms with van der Waals surface area (Å²) in [5.74, 6) is 1.24. The molecule has 20 heavy (non-hydrogen) atoms. The summed E-state index contributed by atoms with van der Waals surface area (Å²) in [6, 6.07) is 13.4. The van der Waals surface area contributed by atoms with Gasteiger partial charge in [-0.25, -0.2) is 0 Å². The summed E-state index contributed by atoms with van der Waals surface area (Å²) in [5, 5.41) is 11.5. The zero-order valence-corrected chi connectivity index (χ0v) is 11.8. The average molecular weight is 356 g/mol. The van der Waals surface area contributed by atoms with Gasteiger partial charge in [0.2, 0.25) is 0 Å². The van der Waals surface area contributed by atoms with Gasteiger partial charge in [-0.1, -0.05) is 6.07 Å². The Balaban J connectivity index is 0.00000147. The Morgan fingerprint density at radius 1 is 1.10 bits per heavy atom. The SMILES string of the molecule is O=[N+]([O-])c1ccc(Oc2ccc3[nH][c-]cc3c2)cc1.[Rh]. The van der Waals surface area contributed by atoms with Crippen LogP contribution in [0.5, 0.6) is 11.5 Å². The van der Waals surface area contributed by atoms with Crippen molar-refractivity contribution in [3.05, 3.63) is 64.8 Å². The van der Waals surface area contributed by atoms with Crippen molar-refractivity contribution in [3.8, 4) is 11.5 Å². The van der Waals surface area contributed by atoms with Gasteiger partial charge in [-0.2, -0.15) is 11.5 Å². The number of fused-ring (bicyclic) bond motifs is 1. The fourth-order valence-electron chi connectivity index (χ4n) is 1.80. The number of non-ortho nitro benzene ring substituents is 1. The first-order valence-corrected chi connectivity index (χ1v) is 5.63. The Morgan fingerprint density at radius 3 is 2.50 bits per heavy atom. The van der Waals surface area contributed by atoms with Gasteiger partial charge in [0.15, 0.2) is 0 Å². The number of H-pyrrole nitrogens is 1. The molecular weight excluding hydrogens is 347 g/mol. The third-order valence-corrected chi connectivity index (χ3v) is 2.74. The van der Waals surface area contributed by atoms with E-state index in [2.05, 4.69) is 11.2 Å². The summed E-state index contributed by atoms with van der Waals surface area (Å²) in [7, 11) is 0. The number of nitro groups is 1. The average Bonchev–Trinajstić information content (AvgIpc) is 2.87. The number of aromatic nitrogens is 1. The summed E-state index contributed by atoms with van der Waals surface area (Å²) < 4.78 is 5.64. The number of hydrogen-bond donors (Lipinski definition) is 1. The molecule has 0 aliphatic carbocycles. The van der Waals surface area contributed by atoms with Gasteiger partial charge >= 0.3 is 0 Å². The van der Waals surface area contributed by atoms with E-state index in [-0.39, 0.29) is 25.2 Å². The van der Waals surface area contributed by atoms with Crippen molar-refractivity contribution >= 4 is 16.6 Å². The van der Waals surface area contributed by atoms with Crippen LogP contribution in [0.1, 0.15) is 0 Å². The van der Waals surface area contributed by atoms with E-state index in [9.17, 15) is 10.1 Å². The molecule has 0 aliphatic heterocycles. The van der Waals surface area contributed by atoms with E-state index in [4.69, 9.17) is 4.74 Å². The van der Waals surface area contributed by atoms with Crippen LogP contribution in [0.4, 0.5) is 5.69 Å². The summed E-state index contributed by atoms with van der Waals surface area (Å²) in [5.41, 5.74) is 1.03. The second-order valence-electron chi connectivity index (χ2n) is 4.02. The molecular formula is C14H9N2O3Rh-. The van der Waals surface area contributed by atoms with E-state index in [0.717, 1.165) is 10.9 Å². The predicted octanol–water partition coefficient (Wildman–Crippen LogP) is 3.67. The fraction of sp³-hybridized carbons (Fsp3) is 0. The molecule has 6 heteroatoms. The number of benzene rings is 2. The van der Waals surface area contributed by atoms with Crippen molar-refractivity contribution in [2.45, 2.75) is 0 Å². The van der Waals surface area contributed by atoms with Crippen molar-refractivity contribution in [2.75, 3.05) is 0 Å². The molecule has 3 aromatic rings. The smallest absolute Gasteiger partial charge is 0.269 e.